The summed E-state index contributed by atoms with van der Waals surface area (Å²) in [5.74, 6) is -2.90. The molecule has 8 rings (SSSR count). The van der Waals surface area contributed by atoms with Gasteiger partial charge in [0, 0.05) is 55.3 Å². The predicted molar refractivity (Wildman–Crippen MR) is 157 cm³/mol. The summed E-state index contributed by atoms with van der Waals surface area (Å²) < 4.78 is 66.6. The summed E-state index contributed by atoms with van der Waals surface area (Å²) in [6.07, 6.45) is 5.80. The molecule has 4 aromatic rings. The van der Waals surface area contributed by atoms with E-state index in [1.54, 1.807) is 0 Å². The van der Waals surface area contributed by atoms with Gasteiger partial charge >= 0.3 is 6.01 Å². The largest absolute Gasteiger partial charge is 0.508 e. The summed E-state index contributed by atoms with van der Waals surface area (Å²) in [4.78, 5) is 17.9. The van der Waals surface area contributed by atoms with Gasteiger partial charge in [-0.2, -0.15) is 9.97 Å². The number of aromatic hydroxyl groups is 1. The van der Waals surface area contributed by atoms with Crippen molar-refractivity contribution in [2.45, 2.75) is 62.3 Å². The van der Waals surface area contributed by atoms with Crippen molar-refractivity contribution in [2.75, 3.05) is 37.7 Å². The molecule has 44 heavy (non-hydrogen) atoms. The average Bonchev–Trinajstić information content (AvgIpc) is 3.53. The Kier molecular flexibility index (Phi) is 6.56. The van der Waals surface area contributed by atoms with Crippen LogP contribution in [0.4, 0.5) is 23.4 Å². The lowest BCUT2D eigenvalue weighted by Gasteiger charge is -2.43. The van der Waals surface area contributed by atoms with Crippen LogP contribution in [0.3, 0.4) is 0 Å². The van der Waals surface area contributed by atoms with Crippen molar-refractivity contribution < 1.29 is 27.4 Å². The molecule has 8 nitrogen and oxygen atoms in total. The molecule has 0 saturated carbocycles. The van der Waals surface area contributed by atoms with Gasteiger partial charge in [0.05, 0.1) is 10.9 Å². The minimum atomic E-state index is -1.17. The summed E-state index contributed by atoms with van der Waals surface area (Å²) >= 11 is 0. The van der Waals surface area contributed by atoms with Crippen LogP contribution in [0.15, 0.2) is 30.5 Å². The molecule has 0 amide bonds. The van der Waals surface area contributed by atoms with Crippen LogP contribution >= 0.6 is 0 Å². The van der Waals surface area contributed by atoms with Gasteiger partial charge < -0.3 is 20.1 Å². The van der Waals surface area contributed by atoms with Crippen molar-refractivity contribution in [3.05, 3.63) is 47.9 Å². The van der Waals surface area contributed by atoms with E-state index in [4.69, 9.17) is 9.72 Å². The number of nitrogens with zero attached hydrogens (tertiary/aromatic N) is 5. The van der Waals surface area contributed by atoms with Crippen molar-refractivity contribution in [1.82, 2.24) is 25.2 Å². The Morgan fingerprint density at radius 3 is 2.66 bits per heavy atom. The lowest BCUT2D eigenvalue weighted by molar-refractivity contribution is 0.107. The van der Waals surface area contributed by atoms with Gasteiger partial charge in [0.1, 0.15) is 35.6 Å². The number of piperazine rings is 1. The van der Waals surface area contributed by atoms with Crippen molar-refractivity contribution >= 4 is 27.5 Å². The minimum Gasteiger partial charge on any atom is -0.508 e. The molecular formula is C32H32F4N6O2. The zero-order valence-electron chi connectivity index (χ0n) is 24.0. The Morgan fingerprint density at radius 2 is 1.84 bits per heavy atom. The van der Waals surface area contributed by atoms with Crippen LogP contribution in [0.5, 0.6) is 11.8 Å². The number of alkyl halides is 1. The number of piperidine rings is 1. The highest BCUT2D eigenvalue weighted by atomic mass is 19.2. The summed E-state index contributed by atoms with van der Waals surface area (Å²) in [5, 5.41) is 14.4. The maximum absolute atomic E-state index is 16.6. The molecule has 4 aliphatic rings. The summed E-state index contributed by atoms with van der Waals surface area (Å²) in [7, 11) is 0. The van der Waals surface area contributed by atoms with Crippen LogP contribution in [0.25, 0.3) is 32.9 Å². The Hall–Kier alpha value is -3.77. The van der Waals surface area contributed by atoms with E-state index in [1.807, 2.05) is 0 Å². The number of anilines is 1. The van der Waals surface area contributed by atoms with Gasteiger partial charge in [0.2, 0.25) is 0 Å². The molecular weight excluding hydrogens is 576 g/mol. The summed E-state index contributed by atoms with van der Waals surface area (Å²) in [5.41, 5.74) is -0.917. The molecule has 2 unspecified atom stereocenters. The topological polar surface area (TPSA) is 86.6 Å². The van der Waals surface area contributed by atoms with E-state index < -0.39 is 29.2 Å². The average molecular weight is 609 g/mol. The zero-order chi connectivity index (χ0) is 30.2. The van der Waals surface area contributed by atoms with Crippen LogP contribution in [0.1, 0.15) is 38.5 Å². The normalized spacial score (nSPS) is 26.9. The highest BCUT2D eigenvalue weighted by Crippen LogP contribution is 2.42. The lowest BCUT2D eigenvalue weighted by atomic mass is 9.94. The second-order valence-electron chi connectivity index (χ2n) is 12.7. The fraction of sp³-hybridized carbons (Fsp3) is 0.469. The van der Waals surface area contributed by atoms with Crippen molar-refractivity contribution in [3.8, 4) is 23.0 Å². The maximum atomic E-state index is 16.6. The number of halogens is 4. The van der Waals surface area contributed by atoms with E-state index in [0.717, 1.165) is 44.7 Å². The molecule has 0 spiro atoms. The molecule has 12 heteroatoms. The van der Waals surface area contributed by atoms with E-state index in [1.165, 1.54) is 24.4 Å². The smallest absolute Gasteiger partial charge is 0.319 e. The second-order valence-corrected chi connectivity index (χ2v) is 12.7. The van der Waals surface area contributed by atoms with Crippen LogP contribution in [-0.2, 0) is 0 Å². The SMILES string of the molecule is Oc1cc(-c2ncc3c(N4CC5CCCC(C4)N5)nc(OC[C@@]45CCCN4C[C@H](F)C5)nc3c2F)c2c(F)c(F)ccc2c1. The highest BCUT2D eigenvalue weighted by molar-refractivity contribution is 6.00. The van der Waals surface area contributed by atoms with Crippen LogP contribution in [0.2, 0.25) is 0 Å². The van der Waals surface area contributed by atoms with Crippen LogP contribution in [0, 0.1) is 17.5 Å². The van der Waals surface area contributed by atoms with Gasteiger partial charge in [-0.1, -0.05) is 12.5 Å². The molecule has 4 aliphatic heterocycles. The number of benzene rings is 2. The molecule has 4 saturated heterocycles. The van der Waals surface area contributed by atoms with Crippen LogP contribution in [-0.4, -0.2) is 81.5 Å². The first-order valence-corrected chi connectivity index (χ1v) is 15.3. The fourth-order valence-electron chi connectivity index (χ4n) is 7.91. The third-order valence-electron chi connectivity index (χ3n) is 9.88. The first-order valence-electron chi connectivity index (χ1n) is 15.3. The standard InChI is InChI=1S/C32H32F4N6O2/c33-18-11-32(7-2-8-42(32)13-18)16-44-31-39-29-23(30(40-31)41-14-19-3-1-4-20(15-41)38-19)12-37-28(27(29)36)22-10-21(43)9-17-5-6-24(34)26(35)25(17)22/h5-6,9-10,12,18-20,38,43H,1-4,7-8,11,13-16H2/t18-,19?,20?,32+/m1/s1. The molecule has 6 heterocycles. The Balaban J connectivity index is 1.26. The van der Waals surface area contributed by atoms with Gasteiger partial charge in [-0.05, 0) is 55.8 Å². The van der Waals surface area contributed by atoms with Crippen LogP contribution < -0.4 is 15.0 Å². The molecule has 4 atom stereocenters. The zero-order valence-corrected chi connectivity index (χ0v) is 24.0. The maximum Gasteiger partial charge on any atom is 0.319 e. The Labute approximate surface area is 251 Å². The number of rotatable bonds is 5. The lowest BCUT2D eigenvalue weighted by Crippen LogP contribution is -2.59. The van der Waals surface area contributed by atoms with Gasteiger partial charge in [-0.3, -0.25) is 9.88 Å². The number of hydrogen-bond donors (Lipinski definition) is 2. The number of hydrogen-bond acceptors (Lipinski definition) is 8. The van der Waals surface area contributed by atoms with Crippen molar-refractivity contribution in [3.63, 3.8) is 0 Å². The third kappa shape index (κ3) is 4.52. The quantitative estimate of drug-likeness (QED) is 0.297. The number of fused-ring (bicyclic) bond motifs is 5. The Bertz CT molecular complexity index is 1780. The molecule has 4 fully saturated rings. The molecule has 2 N–H and O–H groups in total. The van der Waals surface area contributed by atoms with Gasteiger partial charge in [-0.25, -0.2) is 17.6 Å². The summed E-state index contributed by atoms with van der Waals surface area (Å²) in [6.45, 7) is 2.67. The molecule has 0 aliphatic carbocycles. The molecule has 2 aromatic heterocycles. The Morgan fingerprint density at radius 1 is 1.02 bits per heavy atom. The second kappa shape index (κ2) is 10.4. The molecule has 230 valence electrons. The highest BCUT2D eigenvalue weighted by Gasteiger charge is 2.49. The third-order valence-corrected chi connectivity index (χ3v) is 9.88. The first-order chi connectivity index (χ1) is 21.3. The summed E-state index contributed by atoms with van der Waals surface area (Å²) in [6, 6.07) is 5.21. The van der Waals surface area contributed by atoms with Crippen molar-refractivity contribution in [1.29, 1.82) is 0 Å². The predicted octanol–water partition coefficient (Wildman–Crippen LogP) is 5.25. The van der Waals surface area contributed by atoms with E-state index in [0.29, 0.717) is 37.3 Å². The van der Waals surface area contributed by atoms with E-state index in [-0.39, 0.29) is 58.0 Å². The van der Waals surface area contributed by atoms with Crippen molar-refractivity contribution in [2.24, 2.45) is 0 Å². The van der Waals surface area contributed by atoms with E-state index in [9.17, 15) is 13.9 Å². The number of nitrogens with one attached hydrogen (secondary N) is 1. The number of phenols is 1. The molecule has 2 bridgehead atoms. The monoisotopic (exact) mass is 608 g/mol. The first kappa shape index (κ1) is 27.8. The minimum absolute atomic E-state index is 0.0335. The number of ether oxygens (including phenoxy) is 1. The van der Waals surface area contributed by atoms with Gasteiger partial charge in [0.25, 0.3) is 0 Å². The number of aromatic nitrogens is 3. The fourth-order valence-corrected chi connectivity index (χ4v) is 7.91. The molecule has 2 aromatic carbocycles. The number of phenolic OH excluding ortho intramolecular Hbond substituents is 1. The number of pyridine rings is 1. The van der Waals surface area contributed by atoms with Gasteiger partial charge in [0.15, 0.2) is 17.5 Å². The van der Waals surface area contributed by atoms with E-state index in [2.05, 4.69) is 25.1 Å². The van der Waals surface area contributed by atoms with Gasteiger partial charge in [-0.15, -0.1) is 0 Å². The van der Waals surface area contributed by atoms with E-state index >= 15 is 8.78 Å². The molecule has 0 radical (unpaired) electrons.